The molecule has 0 radical (unpaired) electrons. The summed E-state index contributed by atoms with van der Waals surface area (Å²) in [4.78, 5) is 2.05. The van der Waals surface area contributed by atoms with Crippen molar-refractivity contribution in [1.29, 1.82) is 5.26 Å². The van der Waals surface area contributed by atoms with Crippen LogP contribution in [0.15, 0.2) is 18.2 Å². The van der Waals surface area contributed by atoms with Crippen molar-refractivity contribution < 1.29 is 9.13 Å². The lowest BCUT2D eigenvalue weighted by Crippen LogP contribution is -2.48. The topological polar surface area (TPSA) is 36.3 Å². The minimum absolute atomic E-state index is 0.239. The molecule has 0 atom stereocenters. The number of halogens is 1. The monoisotopic (exact) mass is 234 g/mol. The Morgan fingerprint density at radius 1 is 1.41 bits per heavy atom. The fourth-order valence-electron chi connectivity index (χ4n) is 2.06. The predicted molar refractivity (Wildman–Crippen MR) is 63.4 cm³/mol. The molecule has 0 aromatic heterocycles. The Morgan fingerprint density at radius 2 is 2.18 bits per heavy atom. The van der Waals surface area contributed by atoms with Crippen LogP contribution < -0.4 is 4.90 Å². The molecule has 3 nitrogen and oxygen atoms in total. The summed E-state index contributed by atoms with van der Waals surface area (Å²) in [5.41, 5.74) is 0.861. The van der Waals surface area contributed by atoms with Crippen LogP contribution in [0, 0.1) is 17.1 Å². The number of benzene rings is 1. The first-order chi connectivity index (χ1) is 8.00. The SMILES string of the molecule is CC1(C)CN(c2cc(F)cc(C#N)c2)CCO1. The van der Waals surface area contributed by atoms with E-state index in [0.717, 1.165) is 12.2 Å². The second kappa shape index (κ2) is 4.34. The fourth-order valence-corrected chi connectivity index (χ4v) is 2.06. The van der Waals surface area contributed by atoms with Crippen molar-refractivity contribution in [3.8, 4) is 6.07 Å². The maximum atomic E-state index is 13.4. The summed E-state index contributed by atoms with van der Waals surface area (Å²) in [6, 6.07) is 6.39. The van der Waals surface area contributed by atoms with E-state index < -0.39 is 0 Å². The minimum Gasteiger partial charge on any atom is -0.372 e. The Balaban J connectivity index is 2.28. The number of nitrogens with zero attached hydrogens (tertiary/aromatic N) is 2. The molecule has 0 N–H and O–H groups in total. The molecule has 0 amide bonds. The molecular formula is C13H15FN2O. The molecule has 2 rings (SSSR count). The molecule has 1 fully saturated rings. The molecule has 0 bridgehead atoms. The molecule has 0 spiro atoms. The second-order valence-electron chi connectivity index (χ2n) is 4.84. The van der Waals surface area contributed by atoms with E-state index in [1.807, 2.05) is 24.8 Å². The first kappa shape index (κ1) is 11.9. The third-order valence-electron chi connectivity index (χ3n) is 2.80. The van der Waals surface area contributed by atoms with E-state index in [1.54, 1.807) is 6.07 Å². The van der Waals surface area contributed by atoms with Crippen molar-refractivity contribution in [2.45, 2.75) is 19.4 Å². The highest BCUT2D eigenvalue weighted by Crippen LogP contribution is 2.24. The summed E-state index contributed by atoms with van der Waals surface area (Å²) in [5.74, 6) is -0.372. The Morgan fingerprint density at radius 3 is 2.82 bits per heavy atom. The van der Waals surface area contributed by atoms with Crippen molar-refractivity contribution >= 4 is 5.69 Å². The summed E-state index contributed by atoms with van der Waals surface area (Å²) in [6.45, 7) is 6.04. The van der Waals surface area contributed by atoms with Crippen molar-refractivity contribution in [2.24, 2.45) is 0 Å². The zero-order valence-electron chi connectivity index (χ0n) is 10.0. The third-order valence-corrected chi connectivity index (χ3v) is 2.80. The van der Waals surface area contributed by atoms with Gasteiger partial charge in [-0.2, -0.15) is 5.26 Å². The first-order valence-electron chi connectivity index (χ1n) is 5.60. The maximum Gasteiger partial charge on any atom is 0.126 e. The number of anilines is 1. The number of ether oxygens (including phenoxy) is 1. The zero-order chi connectivity index (χ0) is 12.5. The standard InChI is InChI=1S/C13H15FN2O/c1-13(2)9-16(3-4-17-13)12-6-10(8-15)5-11(14)7-12/h5-7H,3-4,9H2,1-2H3. The zero-order valence-corrected chi connectivity index (χ0v) is 10.0. The van der Waals surface area contributed by atoms with E-state index in [-0.39, 0.29) is 11.4 Å². The smallest absolute Gasteiger partial charge is 0.126 e. The van der Waals surface area contributed by atoms with Crippen molar-refractivity contribution in [3.05, 3.63) is 29.6 Å². The molecule has 1 saturated heterocycles. The fraction of sp³-hybridized carbons (Fsp3) is 0.462. The summed E-state index contributed by atoms with van der Waals surface area (Å²) in [7, 11) is 0. The van der Waals surface area contributed by atoms with E-state index >= 15 is 0 Å². The number of rotatable bonds is 1. The quantitative estimate of drug-likeness (QED) is 0.748. The van der Waals surface area contributed by atoms with Crippen LogP contribution >= 0.6 is 0 Å². The Hall–Kier alpha value is -1.60. The van der Waals surface area contributed by atoms with Gasteiger partial charge in [0.15, 0.2) is 0 Å². The summed E-state index contributed by atoms with van der Waals surface area (Å²) >= 11 is 0. The van der Waals surface area contributed by atoms with Crippen LogP contribution in [0.2, 0.25) is 0 Å². The molecule has 0 aliphatic carbocycles. The van der Waals surface area contributed by atoms with Gasteiger partial charge in [-0.25, -0.2) is 4.39 Å². The molecule has 90 valence electrons. The first-order valence-corrected chi connectivity index (χ1v) is 5.60. The summed E-state index contributed by atoms with van der Waals surface area (Å²) < 4.78 is 19.0. The van der Waals surface area contributed by atoms with Gasteiger partial charge in [-0.15, -0.1) is 0 Å². The van der Waals surface area contributed by atoms with E-state index in [2.05, 4.69) is 0 Å². The molecule has 0 saturated carbocycles. The Bertz CT molecular complexity index is 465. The van der Waals surface area contributed by atoms with E-state index in [9.17, 15) is 4.39 Å². The third kappa shape index (κ3) is 2.75. The molecule has 0 unspecified atom stereocenters. The van der Waals surface area contributed by atoms with Gasteiger partial charge in [0.25, 0.3) is 0 Å². The Kier molecular flexibility index (Phi) is 3.03. The van der Waals surface area contributed by atoms with Crippen LogP contribution in [0.1, 0.15) is 19.4 Å². The lowest BCUT2D eigenvalue weighted by Gasteiger charge is -2.39. The lowest BCUT2D eigenvalue weighted by molar-refractivity contribution is -0.0277. The van der Waals surface area contributed by atoms with Crippen LogP contribution in [0.5, 0.6) is 0 Å². The molecule has 1 heterocycles. The lowest BCUT2D eigenvalue weighted by atomic mass is 10.1. The molecular weight excluding hydrogens is 219 g/mol. The van der Waals surface area contributed by atoms with Crippen molar-refractivity contribution in [1.82, 2.24) is 0 Å². The van der Waals surface area contributed by atoms with Gasteiger partial charge >= 0.3 is 0 Å². The van der Waals surface area contributed by atoms with Crippen molar-refractivity contribution in [2.75, 3.05) is 24.6 Å². The van der Waals surface area contributed by atoms with Gasteiger partial charge in [0.1, 0.15) is 5.82 Å². The van der Waals surface area contributed by atoms with Gasteiger partial charge in [0, 0.05) is 18.8 Å². The highest BCUT2D eigenvalue weighted by molar-refractivity contribution is 5.52. The molecule has 1 aromatic carbocycles. The van der Waals surface area contributed by atoms with E-state index in [0.29, 0.717) is 18.7 Å². The molecule has 1 aromatic rings. The van der Waals surface area contributed by atoms with Gasteiger partial charge in [0.05, 0.1) is 23.8 Å². The van der Waals surface area contributed by atoms with Crippen LogP contribution in [0.25, 0.3) is 0 Å². The molecule has 17 heavy (non-hydrogen) atoms. The van der Waals surface area contributed by atoms with Gasteiger partial charge in [0.2, 0.25) is 0 Å². The van der Waals surface area contributed by atoms with Crippen LogP contribution in [-0.4, -0.2) is 25.3 Å². The van der Waals surface area contributed by atoms with Crippen LogP contribution in [0.4, 0.5) is 10.1 Å². The van der Waals surface area contributed by atoms with E-state index in [4.69, 9.17) is 10.00 Å². The number of hydrogen-bond acceptors (Lipinski definition) is 3. The van der Waals surface area contributed by atoms with Gasteiger partial charge < -0.3 is 9.64 Å². The largest absolute Gasteiger partial charge is 0.372 e. The highest BCUT2D eigenvalue weighted by atomic mass is 19.1. The van der Waals surface area contributed by atoms with Gasteiger partial charge in [-0.3, -0.25) is 0 Å². The molecule has 1 aliphatic rings. The van der Waals surface area contributed by atoms with Gasteiger partial charge in [-0.05, 0) is 32.0 Å². The number of morpholine rings is 1. The average molecular weight is 234 g/mol. The minimum atomic E-state index is -0.372. The highest BCUT2D eigenvalue weighted by Gasteiger charge is 2.27. The second-order valence-corrected chi connectivity index (χ2v) is 4.84. The maximum absolute atomic E-state index is 13.4. The van der Waals surface area contributed by atoms with Crippen LogP contribution in [0.3, 0.4) is 0 Å². The van der Waals surface area contributed by atoms with E-state index in [1.165, 1.54) is 12.1 Å². The number of nitriles is 1. The predicted octanol–water partition coefficient (Wildman–Crippen LogP) is 2.31. The average Bonchev–Trinajstić information content (AvgIpc) is 2.27. The number of hydrogen-bond donors (Lipinski definition) is 0. The summed E-state index contributed by atoms with van der Waals surface area (Å²) in [5, 5.41) is 8.83. The Labute approximate surface area is 100 Å². The van der Waals surface area contributed by atoms with Gasteiger partial charge in [-0.1, -0.05) is 0 Å². The molecule has 4 heteroatoms. The van der Waals surface area contributed by atoms with Crippen molar-refractivity contribution in [3.63, 3.8) is 0 Å². The normalized spacial score (nSPS) is 18.8. The summed E-state index contributed by atoms with van der Waals surface area (Å²) in [6.07, 6.45) is 0. The van der Waals surface area contributed by atoms with Crippen LogP contribution in [-0.2, 0) is 4.74 Å². The molecule has 1 aliphatic heterocycles.